The first-order valence-electron chi connectivity index (χ1n) is 8.33. The highest BCUT2D eigenvalue weighted by Gasteiger charge is 2.22. The number of hydrogen-bond acceptors (Lipinski definition) is 5. The predicted molar refractivity (Wildman–Crippen MR) is 95.4 cm³/mol. The number of hydrogen-bond donors (Lipinski definition) is 2. The summed E-state index contributed by atoms with van der Waals surface area (Å²) < 4.78 is 0. The van der Waals surface area contributed by atoms with Crippen molar-refractivity contribution >= 4 is 17.4 Å². The summed E-state index contributed by atoms with van der Waals surface area (Å²) in [4.78, 5) is 19.0. The molecule has 0 spiro atoms. The number of carbonyl (C=O) groups excluding carboxylic acids is 1. The molecule has 0 saturated carbocycles. The molecule has 0 bridgehead atoms. The van der Waals surface area contributed by atoms with Crippen LogP contribution in [-0.4, -0.2) is 35.7 Å². The van der Waals surface area contributed by atoms with E-state index in [1.807, 2.05) is 12.1 Å². The van der Waals surface area contributed by atoms with Crippen LogP contribution in [0, 0.1) is 17.2 Å². The maximum atomic E-state index is 12.5. The molecule has 0 unspecified atom stereocenters. The van der Waals surface area contributed by atoms with Crippen molar-refractivity contribution in [1.29, 1.82) is 5.26 Å². The van der Waals surface area contributed by atoms with E-state index < -0.39 is 0 Å². The van der Waals surface area contributed by atoms with E-state index >= 15 is 0 Å². The number of piperidine rings is 1. The lowest BCUT2D eigenvalue weighted by atomic mass is 9.98. The Kier molecular flexibility index (Phi) is 5.26. The normalized spacial score (nSPS) is 14.8. The summed E-state index contributed by atoms with van der Waals surface area (Å²) in [5.41, 5.74) is 1.68. The van der Waals surface area contributed by atoms with Crippen LogP contribution in [0.2, 0.25) is 0 Å². The molecule has 0 aliphatic carbocycles. The standard InChI is InChI=1S/C19H20N4O2/c20-12-14-3-5-16(6-4-14)19(25)22-17-2-1-9-21-18(17)23-10-7-15(13-24)8-11-23/h1-6,9,15,24H,7-8,10-11,13H2,(H,22,25). The van der Waals surface area contributed by atoms with Gasteiger partial charge < -0.3 is 15.3 Å². The third kappa shape index (κ3) is 3.95. The van der Waals surface area contributed by atoms with Gasteiger partial charge in [-0.15, -0.1) is 0 Å². The van der Waals surface area contributed by atoms with E-state index in [0.717, 1.165) is 31.7 Å². The lowest BCUT2D eigenvalue weighted by Crippen LogP contribution is -2.35. The SMILES string of the molecule is N#Cc1ccc(C(=O)Nc2cccnc2N2CCC(CO)CC2)cc1. The van der Waals surface area contributed by atoms with Crippen LogP contribution in [0.3, 0.4) is 0 Å². The fourth-order valence-corrected chi connectivity index (χ4v) is 2.96. The van der Waals surface area contributed by atoms with Gasteiger partial charge in [0.05, 0.1) is 17.3 Å². The highest BCUT2D eigenvalue weighted by Crippen LogP contribution is 2.27. The molecule has 1 saturated heterocycles. The van der Waals surface area contributed by atoms with Gasteiger partial charge in [0.15, 0.2) is 5.82 Å². The smallest absolute Gasteiger partial charge is 0.255 e. The molecule has 1 aliphatic rings. The maximum Gasteiger partial charge on any atom is 0.255 e. The fraction of sp³-hybridized carbons (Fsp3) is 0.316. The van der Waals surface area contributed by atoms with Crippen LogP contribution in [0.25, 0.3) is 0 Å². The lowest BCUT2D eigenvalue weighted by Gasteiger charge is -2.33. The van der Waals surface area contributed by atoms with Gasteiger partial charge in [-0.25, -0.2) is 4.98 Å². The van der Waals surface area contributed by atoms with Gasteiger partial charge in [-0.2, -0.15) is 5.26 Å². The fourth-order valence-electron chi connectivity index (χ4n) is 2.96. The number of amides is 1. The molecule has 0 radical (unpaired) electrons. The van der Waals surface area contributed by atoms with E-state index in [4.69, 9.17) is 5.26 Å². The number of aromatic nitrogens is 1. The molecule has 25 heavy (non-hydrogen) atoms. The molecule has 6 heteroatoms. The van der Waals surface area contributed by atoms with Gasteiger partial charge in [-0.1, -0.05) is 0 Å². The van der Waals surface area contributed by atoms with E-state index in [0.29, 0.717) is 22.7 Å². The number of anilines is 2. The van der Waals surface area contributed by atoms with Gasteiger partial charge in [-0.3, -0.25) is 4.79 Å². The molecule has 2 N–H and O–H groups in total. The molecule has 1 aromatic carbocycles. The van der Waals surface area contributed by atoms with Crippen molar-refractivity contribution in [2.24, 2.45) is 5.92 Å². The molecule has 0 atom stereocenters. The lowest BCUT2D eigenvalue weighted by molar-refractivity contribution is 0.102. The van der Waals surface area contributed by atoms with Gasteiger partial charge in [-0.05, 0) is 55.2 Å². The summed E-state index contributed by atoms with van der Waals surface area (Å²) in [6.45, 7) is 1.84. The van der Waals surface area contributed by atoms with E-state index in [1.54, 1.807) is 36.5 Å². The van der Waals surface area contributed by atoms with Crippen molar-refractivity contribution in [3.63, 3.8) is 0 Å². The zero-order valence-electron chi connectivity index (χ0n) is 13.9. The Balaban J connectivity index is 1.74. The van der Waals surface area contributed by atoms with E-state index in [2.05, 4.69) is 15.2 Å². The van der Waals surface area contributed by atoms with Crippen LogP contribution in [0.4, 0.5) is 11.5 Å². The average molecular weight is 336 g/mol. The van der Waals surface area contributed by atoms with E-state index in [-0.39, 0.29) is 12.5 Å². The summed E-state index contributed by atoms with van der Waals surface area (Å²) in [6.07, 6.45) is 3.54. The molecular weight excluding hydrogens is 316 g/mol. The monoisotopic (exact) mass is 336 g/mol. The zero-order valence-corrected chi connectivity index (χ0v) is 13.9. The highest BCUT2D eigenvalue weighted by atomic mass is 16.3. The highest BCUT2D eigenvalue weighted by molar-refractivity contribution is 6.05. The second-order valence-corrected chi connectivity index (χ2v) is 6.13. The molecule has 1 aliphatic heterocycles. The average Bonchev–Trinajstić information content (AvgIpc) is 2.68. The van der Waals surface area contributed by atoms with Crippen molar-refractivity contribution in [3.05, 3.63) is 53.7 Å². The molecule has 2 aromatic rings. The predicted octanol–water partition coefficient (Wildman–Crippen LogP) is 2.41. The first-order chi connectivity index (χ1) is 12.2. The Bertz CT molecular complexity index is 775. The Morgan fingerprint density at radius 3 is 2.64 bits per heavy atom. The van der Waals surface area contributed by atoms with Crippen LogP contribution in [0.15, 0.2) is 42.6 Å². The Hall–Kier alpha value is -2.91. The van der Waals surface area contributed by atoms with Gasteiger partial charge in [0.1, 0.15) is 0 Å². The number of aliphatic hydroxyl groups excluding tert-OH is 1. The molecule has 128 valence electrons. The van der Waals surface area contributed by atoms with Gasteiger partial charge >= 0.3 is 0 Å². The summed E-state index contributed by atoms with van der Waals surface area (Å²) in [5.74, 6) is 0.863. The number of nitrogens with zero attached hydrogens (tertiary/aromatic N) is 3. The molecule has 3 rings (SSSR count). The van der Waals surface area contributed by atoms with Crippen molar-refractivity contribution in [3.8, 4) is 6.07 Å². The largest absolute Gasteiger partial charge is 0.396 e. The van der Waals surface area contributed by atoms with Crippen molar-refractivity contribution in [2.45, 2.75) is 12.8 Å². The number of pyridine rings is 1. The molecule has 1 aromatic heterocycles. The van der Waals surface area contributed by atoms with Crippen LogP contribution in [0.5, 0.6) is 0 Å². The number of nitriles is 1. The minimum Gasteiger partial charge on any atom is -0.396 e. The number of carbonyl (C=O) groups is 1. The van der Waals surface area contributed by atoms with Crippen LogP contribution < -0.4 is 10.2 Å². The summed E-state index contributed by atoms with van der Waals surface area (Å²) in [6, 6.07) is 12.2. The van der Waals surface area contributed by atoms with Crippen LogP contribution in [0.1, 0.15) is 28.8 Å². The molecule has 1 amide bonds. The number of aliphatic hydroxyl groups is 1. The number of rotatable bonds is 4. The van der Waals surface area contributed by atoms with Crippen molar-refractivity contribution in [1.82, 2.24) is 4.98 Å². The molecule has 6 nitrogen and oxygen atoms in total. The van der Waals surface area contributed by atoms with Crippen LogP contribution in [-0.2, 0) is 0 Å². The van der Waals surface area contributed by atoms with E-state index in [1.165, 1.54) is 0 Å². The summed E-state index contributed by atoms with van der Waals surface area (Å²) in [7, 11) is 0. The number of nitrogens with one attached hydrogen (secondary N) is 1. The second kappa shape index (κ2) is 7.77. The second-order valence-electron chi connectivity index (χ2n) is 6.13. The summed E-state index contributed by atoms with van der Waals surface area (Å²) in [5, 5.41) is 21.0. The zero-order chi connectivity index (χ0) is 17.6. The number of benzene rings is 1. The quantitative estimate of drug-likeness (QED) is 0.895. The molecule has 1 fully saturated rings. The van der Waals surface area contributed by atoms with Gasteiger partial charge in [0.2, 0.25) is 0 Å². The molecular formula is C19H20N4O2. The summed E-state index contributed by atoms with van der Waals surface area (Å²) >= 11 is 0. The first-order valence-corrected chi connectivity index (χ1v) is 8.33. The minimum absolute atomic E-state index is 0.221. The minimum atomic E-state index is -0.232. The maximum absolute atomic E-state index is 12.5. The Morgan fingerprint density at radius 2 is 2.00 bits per heavy atom. The van der Waals surface area contributed by atoms with Crippen molar-refractivity contribution < 1.29 is 9.90 Å². The topological polar surface area (TPSA) is 89.2 Å². The van der Waals surface area contributed by atoms with Gasteiger partial charge in [0.25, 0.3) is 5.91 Å². The van der Waals surface area contributed by atoms with Crippen molar-refractivity contribution in [2.75, 3.05) is 29.9 Å². The third-order valence-corrected chi connectivity index (χ3v) is 4.48. The van der Waals surface area contributed by atoms with E-state index in [9.17, 15) is 9.90 Å². The third-order valence-electron chi connectivity index (χ3n) is 4.48. The van der Waals surface area contributed by atoms with Gasteiger partial charge in [0, 0.05) is 31.5 Å². The Labute approximate surface area is 146 Å². The first kappa shape index (κ1) is 16.9. The molecule has 2 heterocycles. The van der Waals surface area contributed by atoms with Crippen LogP contribution >= 0.6 is 0 Å². The Morgan fingerprint density at radius 1 is 1.28 bits per heavy atom.